The van der Waals surface area contributed by atoms with E-state index < -0.39 is 0 Å². The number of esters is 1. The predicted molar refractivity (Wildman–Crippen MR) is 79.0 cm³/mol. The number of ether oxygens (including phenoxy) is 1. The fourth-order valence-electron chi connectivity index (χ4n) is 2.21. The van der Waals surface area contributed by atoms with Crippen LogP contribution < -0.4 is 0 Å². The minimum atomic E-state index is -0.155. The third-order valence-corrected chi connectivity index (χ3v) is 3.39. The number of nitrogens with zero attached hydrogens (tertiary/aromatic N) is 1. The van der Waals surface area contributed by atoms with Gasteiger partial charge in [0.1, 0.15) is 6.10 Å². The maximum absolute atomic E-state index is 11.8. The molecular formula is C14H19Cl2NO2. The first-order valence-corrected chi connectivity index (χ1v) is 6.64. The van der Waals surface area contributed by atoms with Crippen LogP contribution >= 0.6 is 24.0 Å². The molecule has 1 unspecified atom stereocenters. The van der Waals surface area contributed by atoms with Crippen LogP contribution in [0.1, 0.15) is 18.4 Å². The van der Waals surface area contributed by atoms with Gasteiger partial charge in [-0.3, -0.25) is 4.79 Å². The van der Waals surface area contributed by atoms with E-state index in [0.29, 0.717) is 11.4 Å². The van der Waals surface area contributed by atoms with Gasteiger partial charge in [0.05, 0.1) is 6.42 Å². The summed E-state index contributed by atoms with van der Waals surface area (Å²) in [5, 5.41) is 0.682. The maximum atomic E-state index is 11.8. The van der Waals surface area contributed by atoms with Crippen molar-refractivity contribution in [2.24, 2.45) is 0 Å². The van der Waals surface area contributed by atoms with Crippen LogP contribution in [-0.2, 0) is 16.0 Å². The lowest BCUT2D eigenvalue weighted by Gasteiger charge is -2.29. The van der Waals surface area contributed by atoms with E-state index in [4.69, 9.17) is 16.3 Å². The first kappa shape index (κ1) is 16.3. The Bertz CT molecular complexity index is 408. The molecule has 106 valence electrons. The Morgan fingerprint density at radius 2 is 2.11 bits per heavy atom. The lowest BCUT2D eigenvalue weighted by atomic mass is 10.1. The highest BCUT2D eigenvalue weighted by Gasteiger charge is 2.20. The second kappa shape index (κ2) is 7.73. The number of piperidine rings is 1. The average Bonchev–Trinajstić information content (AvgIpc) is 2.32. The molecular weight excluding hydrogens is 285 g/mol. The summed E-state index contributed by atoms with van der Waals surface area (Å²) in [6, 6.07) is 7.30. The van der Waals surface area contributed by atoms with E-state index in [-0.39, 0.29) is 24.5 Å². The van der Waals surface area contributed by atoms with Crippen LogP contribution in [0.2, 0.25) is 5.02 Å². The first-order valence-electron chi connectivity index (χ1n) is 6.26. The standard InChI is InChI=1S/C14H18ClNO2.ClH/c1-16-8-2-3-13(10-16)18-14(17)9-11-4-6-12(15)7-5-11;/h4-7,13H,2-3,8-10H2,1H3;1H. The Morgan fingerprint density at radius 1 is 1.42 bits per heavy atom. The number of hydrogen-bond donors (Lipinski definition) is 0. The Balaban J connectivity index is 0.00000180. The normalized spacial score (nSPS) is 19.6. The molecule has 2 rings (SSSR count). The minimum absolute atomic E-state index is 0. The average molecular weight is 304 g/mol. The smallest absolute Gasteiger partial charge is 0.310 e. The molecule has 0 spiro atoms. The Hall–Kier alpha value is -0.770. The molecule has 1 saturated heterocycles. The number of likely N-dealkylation sites (tertiary alicyclic amines) is 1. The molecule has 1 atom stereocenters. The van der Waals surface area contributed by atoms with Gasteiger partial charge in [-0.1, -0.05) is 23.7 Å². The van der Waals surface area contributed by atoms with Crippen molar-refractivity contribution in [3.8, 4) is 0 Å². The Kier molecular flexibility index (Phi) is 6.63. The molecule has 0 N–H and O–H groups in total. The predicted octanol–water partition coefficient (Wildman–Crippen LogP) is 2.94. The second-order valence-electron chi connectivity index (χ2n) is 4.82. The number of carbonyl (C=O) groups is 1. The number of rotatable bonds is 3. The molecule has 0 saturated carbocycles. The van der Waals surface area contributed by atoms with Crippen LogP contribution in [0, 0.1) is 0 Å². The highest BCUT2D eigenvalue weighted by atomic mass is 35.5. The second-order valence-corrected chi connectivity index (χ2v) is 5.26. The SMILES string of the molecule is CN1CCCC(OC(=O)Cc2ccc(Cl)cc2)C1.Cl. The largest absolute Gasteiger partial charge is 0.461 e. The third-order valence-electron chi connectivity index (χ3n) is 3.14. The molecule has 0 aromatic heterocycles. The van der Waals surface area contributed by atoms with Gasteiger partial charge in [-0.2, -0.15) is 0 Å². The zero-order valence-corrected chi connectivity index (χ0v) is 12.5. The number of carbonyl (C=O) groups excluding carboxylic acids is 1. The molecule has 1 fully saturated rings. The van der Waals surface area contributed by atoms with E-state index in [2.05, 4.69) is 11.9 Å². The fraction of sp³-hybridized carbons (Fsp3) is 0.500. The van der Waals surface area contributed by atoms with Crippen LogP contribution in [0.5, 0.6) is 0 Å². The zero-order valence-electron chi connectivity index (χ0n) is 11.0. The van der Waals surface area contributed by atoms with Gasteiger partial charge in [-0.25, -0.2) is 0 Å². The molecule has 19 heavy (non-hydrogen) atoms. The summed E-state index contributed by atoms with van der Waals surface area (Å²) in [4.78, 5) is 14.0. The van der Waals surface area contributed by atoms with Gasteiger partial charge in [0.15, 0.2) is 0 Å². The summed E-state index contributed by atoms with van der Waals surface area (Å²) in [6.07, 6.45) is 2.42. The lowest BCUT2D eigenvalue weighted by Crippen LogP contribution is -2.38. The van der Waals surface area contributed by atoms with Gasteiger partial charge in [0, 0.05) is 11.6 Å². The number of likely N-dealkylation sites (N-methyl/N-ethyl adjacent to an activating group) is 1. The molecule has 1 aliphatic rings. The van der Waals surface area contributed by atoms with Crippen LogP contribution in [-0.4, -0.2) is 37.1 Å². The van der Waals surface area contributed by atoms with Crippen molar-refractivity contribution in [1.29, 1.82) is 0 Å². The Labute approximate surface area is 125 Å². The van der Waals surface area contributed by atoms with Crippen LogP contribution in [0.15, 0.2) is 24.3 Å². The van der Waals surface area contributed by atoms with Crippen molar-refractivity contribution in [2.45, 2.75) is 25.4 Å². The highest BCUT2D eigenvalue weighted by Crippen LogP contribution is 2.14. The number of halogens is 2. The molecule has 0 aliphatic carbocycles. The maximum Gasteiger partial charge on any atom is 0.310 e. The zero-order chi connectivity index (χ0) is 13.0. The molecule has 0 radical (unpaired) electrons. The summed E-state index contributed by atoms with van der Waals surface area (Å²) < 4.78 is 5.48. The van der Waals surface area contributed by atoms with Gasteiger partial charge in [-0.15, -0.1) is 12.4 Å². The molecule has 3 nitrogen and oxygen atoms in total. The van der Waals surface area contributed by atoms with Gasteiger partial charge in [0.25, 0.3) is 0 Å². The van der Waals surface area contributed by atoms with Crippen LogP contribution in [0.3, 0.4) is 0 Å². The molecule has 1 heterocycles. The molecule has 5 heteroatoms. The molecule has 1 aliphatic heterocycles. The van der Waals surface area contributed by atoms with E-state index in [1.54, 1.807) is 12.1 Å². The number of benzene rings is 1. The summed E-state index contributed by atoms with van der Waals surface area (Å²) >= 11 is 5.80. The van der Waals surface area contributed by atoms with E-state index in [1.807, 2.05) is 12.1 Å². The van der Waals surface area contributed by atoms with Crippen molar-refractivity contribution >= 4 is 30.0 Å². The van der Waals surface area contributed by atoms with Crippen molar-refractivity contribution in [2.75, 3.05) is 20.1 Å². The minimum Gasteiger partial charge on any atom is -0.461 e. The lowest BCUT2D eigenvalue weighted by molar-refractivity contribution is -0.150. The van der Waals surface area contributed by atoms with E-state index in [1.165, 1.54) is 0 Å². The quantitative estimate of drug-likeness (QED) is 0.804. The molecule has 1 aromatic rings. The van der Waals surface area contributed by atoms with E-state index in [0.717, 1.165) is 31.5 Å². The van der Waals surface area contributed by atoms with Gasteiger partial charge in [0.2, 0.25) is 0 Å². The summed E-state index contributed by atoms with van der Waals surface area (Å²) in [7, 11) is 2.05. The first-order chi connectivity index (χ1) is 8.63. The van der Waals surface area contributed by atoms with Crippen molar-refractivity contribution in [3.63, 3.8) is 0 Å². The van der Waals surface area contributed by atoms with Crippen molar-refractivity contribution < 1.29 is 9.53 Å². The van der Waals surface area contributed by atoms with Crippen molar-refractivity contribution in [1.82, 2.24) is 4.90 Å². The van der Waals surface area contributed by atoms with Gasteiger partial charge >= 0.3 is 5.97 Å². The monoisotopic (exact) mass is 303 g/mol. The fourth-order valence-corrected chi connectivity index (χ4v) is 2.34. The van der Waals surface area contributed by atoms with Crippen molar-refractivity contribution in [3.05, 3.63) is 34.9 Å². The van der Waals surface area contributed by atoms with Crippen LogP contribution in [0.4, 0.5) is 0 Å². The summed E-state index contributed by atoms with van der Waals surface area (Å²) in [5.41, 5.74) is 0.938. The highest BCUT2D eigenvalue weighted by molar-refractivity contribution is 6.30. The van der Waals surface area contributed by atoms with E-state index in [9.17, 15) is 4.79 Å². The summed E-state index contributed by atoms with van der Waals surface area (Å²) in [6.45, 7) is 1.93. The van der Waals surface area contributed by atoms with Crippen LogP contribution in [0.25, 0.3) is 0 Å². The van der Waals surface area contributed by atoms with Gasteiger partial charge in [-0.05, 0) is 44.1 Å². The topological polar surface area (TPSA) is 29.5 Å². The van der Waals surface area contributed by atoms with Gasteiger partial charge < -0.3 is 9.64 Å². The van der Waals surface area contributed by atoms with E-state index >= 15 is 0 Å². The molecule has 0 bridgehead atoms. The third kappa shape index (κ3) is 5.39. The molecule has 0 amide bonds. The Morgan fingerprint density at radius 3 is 2.74 bits per heavy atom. The molecule has 1 aromatic carbocycles. The number of hydrogen-bond acceptors (Lipinski definition) is 3. The summed E-state index contributed by atoms with van der Waals surface area (Å²) in [5.74, 6) is -0.155.